The smallest absolute Gasteiger partial charge is 0.362 e. The molecular weight excluding hydrogens is 703 g/mol. The number of allylic oxidation sites excluding steroid dienone is 14. The van der Waals surface area contributed by atoms with Gasteiger partial charge in [0.25, 0.3) is 0 Å². The summed E-state index contributed by atoms with van der Waals surface area (Å²) in [5.74, 6) is -1.54. The Labute approximate surface area is 342 Å². The normalized spacial score (nSPS) is 13.8. The quantitative estimate of drug-likeness (QED) is 0.0290. The van der Waals surface area contributed by atoms with E-state index in [9.17, 15) is 19.5 Å². The molecule has 0 spiro atoms. The van der Waals surface area contributed by atoms with E-state index in [1.807, 2.05) is 21.1 Å². The first-order valence-corrected chi connectivity index (χ1v) is 21.6. The predicted octanol–water partition coefficient (Wildman–Crippen LogP) is 11.7. The highest BCUT2D eigenvalue weighted by atomic mass is 16.6. The number of carbonyl (C=O) groups is 3. The summed E-state index contributed by atoms with van der Waals surface area (Å²) in [4.78, 5) is 36.9. The third kappa shape index (κ3) is 36.2. The lowest BCUT2D eigenvalue weighted by atomic mass is 10.1. The number of unbranched alkanes of at least 4 members (excludes halogenated alkanes) is 9. The van der Waals surface area contributed by atoms with E-state index in [1.165, 1.54) is 12.8 Å². The van der Waals surface area contributed by atoms with Crippen molar-refractivity contribution in [3.05, 3.63) is 85.1 Å². The van der Waals surface area contributed by atoms with E-state index in [4.69, 9.17) is 14.2 Å². The molecule has 0 aromatic heterocycles. The first kappa shape index (κ1) is 52.5. The number of likely N-dealkylation sites (N-methyl/N-ethyl adjacent to an activating group) is 1. The Bertz CT molecular complexity index is 1190. The van der Waals surface area contributed by atoms with E-state index in [0.29, 0.717) is 19.3 Å². The van der Waals surface area contributed by atoms with E-state index < -0.39 is 18.1 Å². The zero-order valence-corrected chi connectivity index (χ0v) is 36.1. The summed E-state index contributed by atoms with van der Waals surface area (Å²) in [5.41, 5.74) is 0. The highest BCUT2D eigenvalue weighted by molar-refractivity contribution is 5.72. The molecule has 56 heavy (non-hydrogen) atoms. The first-order chi connectivity index (χ1) is 27.1. The third-order valence-electron chi connectivity index (χ3n) is 9.04. The van der Waals surface area contributed by atoms with Gasteiger partial charge in [0, 0.05) is 19.3 Å². The second kappa shape index (κ2) is 38.4. The largest absolute Gasteiger partial charge is 0.477 e. The van der Waals surface area contributed by atoms with Gasteiger partial charge >= 0.3 is 17.9 Å². The molecule has 0 aromatic rings. The van der Waals surface area contributed by atoms with Gasteiger partial charge in [0.1, 0.15) is 6.61 Å². The lowest BCUT2D eigenvalue weighted by molar-refractivity contribution is -0.887. The zero-order valence-electron chi connectivity index (χ0n) is 36.1. The molecule has 0 bridgehead atoms. The number of esters is 2. The maximum Gasteiger partial charge on any atom is 0.362 e. The van der Waals surface area contributed by atoms with Gasteiger partial charge in [0.2, 0.25) is 0 Å². The number of quaternary nitrogens is 1. The van der Waals surface area contributed by atoms with Gasteiger partial charge in [-0.3, -0.25) is 9.59 Å². The summed E-state index contributed by atoms with van der Waals surface area (Å²) in [7, 11) is 5.50. The Hall–Kier alpha value is -3.49. The molecule has 2 unspecified atom stereocenters. The van der Waals surface area contributed by atoms with Crippen molar-refractivity contribution in [1.82, 2.24) is 0 Å². The van der Waals surface area contributed by atoms with E-state index in [-0.39, 0.29) is 36.2 Å². The van der Waals surface area contributed by atoms with Crippen LogP contribution in [0.3, 0.4) is 0 Å². The van der Waals surface area contributed by atoms with Gasteiger partial charge < -0.3 is 23.8 Å². The van der Waals surface area contributed by atoms with Crippen LogP contribution in [0.5, 0.6) is 0 Å². The molecule has 8 heteroatoms. The molecule has 0 saturated heterocycles. The topological polar surface area (TPSA) is 99.1 Å². The average molecular weight is 783 g/mol. The standard InChI is InChI=1S/C48H79NO7/c1-6-8-10-12-14-16-18-20-21-22-23-24-25-27-29-31-33-35-37-39-47(51)56-44(42-54-41-40-45(48(52)53)49(3,4)5)43-55-46(50)38-36-34-32-30-28-26-19-17-15-13-11-9-7-2/h8-11,14-17,20-21,23-24,26,28,44-45H,6-7,12-13,18-19,22,25,27,29-43H2,1-5H3/p+1/b10-8-,11-9-,16-14-,17-15-,21-20-,24-23-,28-26-. The minimum absolute atomic E-state index is 0.0404. The predicted molar refractivity (Wildman–Crippen MR) is 233 cm³/mol. The number of nitrogens with zero attached hydrogens (tertiary/aromatic N) is 1. The molecule has 8 nitrogen and oxygen atoms in total. The van der Waals surface area contributed by atoms with Gasteiger partial charge in [-0.15, -0.1) is 0 Å². The maximum atomic E-state index is 12.7. The Kier molecular flexibility index (Phi) is 36.0. The summed E-state index contributed by atoms with van der Waals surface area (Å²) in [6.45, 7) is 4.44. The fraction of sp³-hybridized carbons (Fsp3) is 0.646. The van der Waals surface area contributed by atoms with E-state index in [2.05, 4.69) is 98.9 Å². The van der Waals surface area contributed by atoms with Crippen LogP contribution in [0.4, 0.5) is 0 Å². The van der Waals surface area contributed by atoms with Gasteiger partial charge in [-0.05, 0) is 83.5 Å². The van der Waals surface area contributed by atoms with Crippen molar-refractivity contribution in [2.45, 2.75) is 161 Å². The number of aliphatic carboxylic acids is 1. The molecule has 0 aliphatic heterocycles. The van der Waals surface area contributed by atoms with Crippen LogP contribution < -0.4 is 0 Å². The van der Waals surface area contributed by atoms with Crippen molar-refractivity contribution in [2.75, 3.05) is 41.0 Å². The van der Waals surface area contributed by atoms with Crippen LogP contribution in [0.2, 0.25) is 0 Å². The fourth-order valence-electron chi connectivity index (χ4n) is 5.74. The van der Waals surface area contributed by atoms with E-state index in [0.717, 1.165) is 103 Å². The molecule has 0 radical (unpaired) electrons. The summed E-state index contributed by atoms with van der Waals surface area (Å²) in [6, 6.07) is -0.626. The van der Waals surface area contributed by atoms with Crippen LogP contribution in [0.15, 0.2) is 85.1 Å². The maximum absolute atomic E-state index is 12.7. The second-order valence-corrected chi connectivity index (χ2v) is 15.2. The number of hydrogen-bond donors (Lipinski definition) is 1. The van der Waals surface area contributed by atoms with E-state index in [1.54, 1.807) is 0 Å². The molecule has 0 rings (SSSR count). The van der Waals surface area contributed by atoms with Crippen LogP contribution in [-0.4, -0.2) is 80.6 Å². The molecule has 0 aliphatic carbocycles. The highest BCUT2D eigenvalue weighted by Crippen LogP contribution is 2.13. The lowest BCUT2D eigenvalue weighted by Gasteiger charge is -2.31. The first-order valence-electron chi connectivity index (χ1n) is 21.6. The summed E-state index contributed by atoms with van der Waals surface area (Å²) >= 11 is 0. The third-order valence-corrected chi connectivity index (χ3v) is 9.04. The monoisotopic (exact) mass is 783 g/mol. The Morgan fingerprint density at radius 2 is 0.946 bits per heavy atom. The number of carboxylic acid groups (broad SMARTS) is 1. The number of carbonyl (C=O) groups excluding carboxylic acids is 2. The van der Waals surface area contributed by atoms with Gasteiger partial charge in [-0.1, -0.05) is 131 Å². The average Bonchev–Trinajstić information content (AvgIpc) is 3.15. The van der Waals surface area contributed by atoms with Gasteiger partial charge in [0.05, 0.1) is 34.4 Å². The summed E-state index contributed by atoms with van der Waals surface area (Å²) in [6.07, 6.45) is 49.1. The van der Waals surface area contributed by atoms with Crippen molar-refractivity contribution in [3.8, 4) is 0 Å². The minimum Gasteiger partial charge on any atom is -0.477 e. The Balaban J connectivity index is 4.43. The number of hydrogen-bond acceptors (Lipinski definition) is 6. The zero-order chi connectivity index (χ0) is 41.4. The van der Waals surface area contributed by atoms with Crippen LogP contribution in [0, 0.1) is 0 Å². The van der Waals surface area contributed by atoms with E-state index >= 15 is 0 Å². The number of ether oxygens (including phenoxy) is 3. The summed E-state index contributed by atoms with van der Waals surface area (Å²) < 4.78 is 17.2. The van der Waals surface area contributed by atoms with Crippen molar-refractivity contribution in [2.24, 2.45) is 0 Å². The molecule has 0 fully saturated rings. The van der Waals surface area contributed by atoms with Gasteiger partial charge in [-0.25, -0.2) is 4.79 Å². The van der Waals surface area contributed by atoms with Crippen molar-refractivity contribution in [3.63, 3.8) is 0 Å². The lowest BCUT2D eigenvalue weighted by Crippen LogP contribution is -2.50. The van der Waals surface area contributed by atoms with Crippen LogP contribution >= 0.6 is 0 Å². The molecule has 1 N–H and O–H groups in total. The minimum atomic E-state index is -0.886. The fourth-order valence-corrected chi connectivity index (χ4v) is 5.74. The number of rotatable bonds is 37. The van der Waals surface area contributed by atoms with Crippen LogP contribution in [0.25, 0.3) is 0 Å². The molecular formula is C48H80NO7+. The van der Waals surface area contributed by atoms with Crippen molar-refractivity contribution in [1.29, 1.82) is 0 Å². The van der Waals surface area contributed by atoms with Crippen LogP contribution in [0.1, 0.15) is 149 Å². The molecule has 0 aliphatic rings. The second-order valence-electron chi connectivity index (χ2n) is 15.2. The molecule has 2 atom stereocenters. The molecule has 0 aromatic carbocycles. The van der Waals surface area contributed by atoms with Crippen molar-refractivity contribution >= 4 is 17.9 Å². The van der Waals surface area contributed by atoms with Gasteiger partial charge in [0.15, 0.2) is 12.1 Å². The van der Waals surface area contributed by atoms with Gasteiger partial charge in [-0.2, -0.15) is 0 Å². The summed E-state index contributed by atoms with van der Waals surface area (Å²) in [5, 5.41) is 9.61. The SMILES string of the molecule is CC/C=C\C/C=C\C/C=C\C/C=C\CCCCCCCCC(=O)OC(COCCC(C(=O)O)[N+](C)(C)C)COC(=O)CCCCC/C=C\C/C=C\C/C=C\CC. The highest BCUT2D eigenvalue weighted by Gasteiger charge is 2.31. The Morgan fingerprint density at radius 3 is 1.41 bits per heavy atom. The number of carboxylic acids is 1. The molecule has 0 saturated carbocycles. The molecule has 318 valence electrons. The van der Waals surface area contributed by atoms with Crippen molar-refractivity contribution < 1.29 is 38.2 Å². The molecule has 0 amide bonds. The van der Waals surface area contributed by atoms with Crippen LogP contribution in [-0.2, 0) is 28.6 Å². The molecule has 0 heterocycles. The Morgan fingerprint density at radius 1 is 0.536 bits per heavy atom.